The van der Waals surface area contributed by atoms with Crippen molar-refractivity contribution in [2.24, 2.45) is 0 Å². The monoisotopic (exact) mass is 286 g/mol. The number of benzene rings is 1. The predicted octanol–water partition coefficient (Wildman–Crippen LogP) is 3.83. The zero-order valence-electron chi connectivity index (χ0n) is 9.78. The predicted molar refractivity (Wildman–Crippen MR) is 65.8 cm³/mol. The van der Waals surface area contributed by atoms with Crippen molar-refractivity contribution in [1.29, 1.82) is 0 Å². The number of nitrogens with zero attached hydrogens (tertiary/aromatic N) is 2. The van der Waals surface area contributed by atoms with Crippen molar-refractivity contribution in [2.75, 3.05) is 0 Å². The van der Waals surface area contributed by atoms with Gasteiger partial charge in [-0.2, -0.15) is 13.2 Å². The van der Waals surface area contributed by atoms with Crippen LogP contribution >= 0.6 is 11.6 Å². The van der Waals surface area contributed by atoms with Gasteiger partial charge in [0, 0.05) is 12.6 Å². The second-order valence-corrected chi connectivity index (χ2v) is 4.24. The van der Waals surface area contributed by atoms with E-state index in [4.69, 9.17) is 11.6 Å². The van der Waals surface area contributed by atoms with Gasteiger partial charge in [0.1, 0.15) is 5.82 Å². The number of hydrogen-bond donors (Lipinski definition) is 0. The van der Waals surface area contributed by atoms with Gasteiger partial charge >= 0.3 is 6.18 Å². The Labute approximate surface area is 113 Å². The van der Waals surface area contributed by atoms with E-state index in [1.807, 2.05) is 0 Å². The Hall–Kier alpha value is -1.62. The van der Waals surface area contributed by atoms with Crippen LogP contribution in [0, 0.1) is 0 Å². The molecule has 6 heteroatoms. The SMILES string of the molecule is FC(F)(F)c1cccc(Cc2nccc(CCl)n2)c1. The van der Waals surface area contributed by atoms with E-state index in [0.717, 1.165) is 12.1 Å². The molecule has 0 radical (unpaired) electrons. The van der Waals surface area contributed by atoms with E-state index in [1.165, 1.54) is 6.07 Å². The number of alkyl halides is 4. The summed E-state index contributed by atoms with van der Waals surface area (Å²) in [5.41, 5.74) is 0.499. The van der Waals surface area contributed by atoms with E-state index in [1.54, 1.807) is 18.3 Å². The Balaban J connectivity index is 2.23. The van der Waals surface area contributed by atoms with E-state index >= 15 is 0 Å². The van der Waals surface area contributed by atoms with Crippen LogP contribution in [0.3, 0.4) is 0 Å². The molecular weight excluding hydrogens is 277 g/mol. The van der Waals surface area contributed by atoms with E-state index in [0.29, 0.717) is 17.1 Å². The zero-order chi connectivity index (χ0) is 13.9. The van der Waals surface area contributed by atoms with E-state index in [2.05, 4.69) is 9.97 Å². The second-order valence-electron chi connectivity index (χ2n) is 3.97. The molecule has 2 nitrogen and oxygen atoms in total. The van der Waals surface area contributed by atoms with Crippen molar-refractivity contribution in [3.8, 4) is 0 Å². The van der Waals surface area contributed by atoms with E-state index < -0.39 is 11.7 Å². The van der Waals surface area contributed by atoms with Crippen molar-refractivity contribution < 1.29 is 13.2 Å². The van der Waals surface area contributed by atoms with Gasteiger partial charge in [-0.15, -0.1) is 11.6 Å². The average molecular weight is 287 g/mol. The van der Waals surface area contributed by atoms with Gasteiger partial charge in [-0.1, -0.05) is 18.2 Å². The van der Waals surface area contributed by atoms with Gasteiger partial charge in [-0.3, -0.25) is 0 Å². The molecule has 0 aliphatic rings. The molecule has 0 aliphatic carbocycles. The van der Waals surface area contributed by atoms with Crippen LogP contribution in [0.4, 0.5) is 13.2 Å². The molecule has 2 aromatic rings. The van der Waals surface area contributed by atoms with Crippen LogP contribution < -0.4 is 0 Å². The number of hydrogen-bond acceptors (Lipinski definition) is 2. The maximum Gasteiger partial charge on any atom is 0.416 e. The third-order valence-corrected chi connectivity index (χ3v) is 2.79. The highest BCUT2D eigenvalue weighted by molar-refractivity contribution is 6.16. The smallest absolute Gasteiger partial charge is 0.241 e. The Bertz CT molecular complexity index is 570. The highest BCUT2D eigenvalue weighted by Gasteiger charge is 2.30. The summed E-state index contributed by atoms with van der Waals surface area (Å²) in [5, 5.41) is 0. The molecule has 2 rings (SSSR count). The van der Waals surface area contributed by atoms with Crippen molar-refractivity contribution in [3.05, 3.63) is 59.2 Å². The molecule has 1 aromatic heterocycles. The molecule has 0 spiro atoms. The molecule has 0 saturated heterocycles. The summed E-state index contributed by atoms with van der Waals surface area (Å²) >= 11 is 5.65. The zero-order valence-corrected chi connectivity index (χ0v) is 10.5. The summed E-state index contributed by atoms with van der Waals surface area (Å²) in [6.45, 7) is 0. The molecule has 0 bridgehead atoms. The van der Waals surface area contributed by atoms with Crippen molar-refractivity contribution >= 4 is 11.6 Å². The summed E-state index contributed by atoms with van der Waals surface area (Å²) in [6.07, 6.45) is -2.54. The minimum Gasteiger partial charge on any atom is -0.241 e. The normalized spacial score (nSPS) is 11.6. The molecule has 100 valence electrons. The van der Waals surface area contributed by atoms with Crippen LogP contribution in [0.1, 0.15) is 22.6 Å². The lowest BCUT2D eigenvalue weighted by Gasteiger charge is -2.08. The van der Waals surface area contributed by atoms with Gasteiger partial charge in [-0.25, -0.2) is 9.97 Å². The van der Waals surface area contributed by atoms with Crippen LogP contribution in [-0.4, -0.2) is 9.97 Å². The van der Waals surface area contributed by atoms with Gasteiger partial charge in [0.25, 0.3) is 0 Å². The van der Waals surface area contributed by atoms with Gasteiger partial charge in [-0.05, 0) is 17.7 Å². The molecule has 0 amide bonds. The number of rotatable bonds is 3. The van der Waals surface area contributed by atoms with Crippen LogP contribution in [0.5, 0.6) is 0 Å². The fourth-order valence-electron chi connectivity index (χ4n) is 1.64. The Morgan fingerprint density at radius 3 is 2.63 bits per heavy atom. The summed E-state index contributed by atoms with van der Waals surface area (Å²) in [4.78, 5) is 8.18. The van der Waals surface area contributed by atoms with E-state index in [9.17, 15) is 13.2 Å². The van der Waals surface area contributed by atoms with Crippen molar-refractivity contribution in [1.82, 2.24) is 9.97 Å². The van der Waals surface area contributed by atoms with Gasteiger partial charge < -0.3 is 0 Å². The molecule has 0 unspecified atom stereocenters. The Morgan fingerprint density at radius 1 is 1.16 bits per heavy atom. The highest BCUT2D eigenvalue weighted by atomic mass is 35.5. The van der Waals surface area contributed by atoms with Crippen LogP contribution in [-0.2, 0) is 18.5 Å². The highest BCUT2D eigenvalue weighted by Crippen LogP contribution is 2.29. The number of halogens is 4. The second kappa shape index (κ2) is 5.57. The number of aromatic nitrogens is 2. The van der Waals surface area contributed by atoms with Gasteiger partial charge in [0.15, 0.2) is 0 Å². The first-order valence-corrected chi connectivity index (χ1v) is 6.05. The molecule has 0 fully saturated rings. The van der Waals surface area contributed by atoms with Crippen LogP contribution in [0.2, 0.25) is 0 Å². The quantitative estimate of drug-likeness (QED) is 0.802. The lowest BCUT2D eigenvalue weighted by atomic mass is 10.1. The third-order valence-electron chi connectivity index (χ3n) is 2.52. The first-order valence-electron chi connectivity index (χ1n) is 5.52. The average Bonchev–Trinajstić information content (AvgIpc) is 2.38. The largest absolute Gasteiger partial charge is 0.416 e. The Morgan fingerprint density at radius 2 is 1.95 bits per heavy atom. The molecule has 1 aromatic carbocycles. The topological polar surface area (TPSA) is 25.8 Å². The maximum absolute atomic E-state index is 12.6. The van der Waals surface area contributed by atoms with Crippen molar-refractivity contribution in [3.63, 3.8) is 0 Å². The standard InChI is InChI=1S/C13H10ClF3N2/c14-8-11-4-5-18-12(19-11)7-9-2-1-3-10(6-9)13(15,16)17/h1-6H,7-8H2. The summed E-state index contributed by atoms with van der Waals surface area (Å²) < 4.78 is 37.7. The molecule has 0 atom stereocenters. The fourth-order valence-corrected chi connectivity index (χ4v) is 1.79. The molecule has 0 saturated carbocycles. The first-order chi connectivity index (χ1) is 8.99. The molecule has 1 heterocycles. The molecule has 0 N–H and O–H groups in total. The third kappa shape index (κ3) is 3.67. The summed E-state index contributed by atoms with van der Waals surface area (Å²) in [7, 11) is 0. The fraction of sp³-hybridized carbons (Fsp3) is 0.231. The molecule has 19 heavy (non-hydrogen) atoms. The lowest BCUT2D eigenvalue weighted by Crippen LogP contribution is -2.06. The molecule has 0 aliphatic heterocycles. The van der Waals surface area contributed by atoms with Gasteiger partial charge in [0.05, 0.1) is 17.1 Å². The summed E-state index contributed by atoms with van der Waals surface area (Å²) in [6, 6.07) is 6.81. The van der Waals surface area contributed by atoms with Crippen LogP contribution in [0.15, 0.2) is 36.5 Å². The maximum atomic E-state index is 12.6. The summed E-state index contributed by atoms with van der Waals surface area (Å²) in [5.74, 6) is 0.704. The van der Waals surface area contributed by atoms with E-state index in [-0.39, 0.29) is 12.3 Å². The first kappa shape index (κ1) is 13.8. The van der Waals surface area contributed by atoms with Crippen molar-refractivity contribution in [2.45, 2.75) is 18.5 Å². The minimum absolute atomic E-state index is 0.245. The van der Waals surface area contributed by atoms with Gasteiger partial charge in [0.2, 0.25) is 0 Å². The Kier molecular flexibility index (Phi) is 4.04. The minimum atomic E-state index is -4.34. The lowest BCUT2D eigenvalue weighted by molar-refractivity contribution is -0.137. The van der Waals surface area contributed by atoms with Crippen LogP contribution in [0.25, 0.3) is 0 Å². The molecular formula is C13H10ClF3N2.